The Morgan fingerprint density at radius 1 is 1.29 bits per heavy atom. The van der Waals surface area contributed by atoms with Crippen molar-refractivity contribution in [3.63, 3.8) is 0 Å². The van der Waals surface area contributed by atoms with Gasteiger partial charge in [-0.1, -0.05) is 18.2 Å². The largest absolute Gasteiger partial charge is 0.381 e. The summed E-state index contributed by atoms with van der Waals surface area (Å²) >= 11 is 0. The Bertz CT molecular complexity index is 807. The van der Waals surface area contributed by atoms with Crippen molar-refractivity contribution < 1.29 is 9.53 Å². The van der Waals surface area contributed by atoms with E-state index in [4.69, 9.17) is 4.74 Å². The van der Waals surface area contributed by atoms with Crippen molar-refractivity contribution in [2.24, 2.45) is 5.92 Å². The standard InChI is InChI=1S/C18H21N3O3/c22-17(20(15-5-6-15)10-13-7-8-24-12-13)11-21-18(23)16-4-2-1-3-14(16)9-19-21/h1-4,9,13,15H,5-8,10-12H2/t13-/m1/s1. The molecule has 0 bridgehead atoms. The minimum atomic E-state index is -0.207. The molecule has 1 atom stereocenters. The van der Waals surface area contributed by atoms with Gasteiger partial charge in [-0.15, -0.1) is 0 Å². The lowest BCUT2D eigenvalue weighted by Gasteiger charge is -2.25. The van der Waals surface area contributed by atoms with E-state index < -0.39 is 0 Å². The fourth-order valence-electron chi connectivity index (χ4n) is 3.31. The Hall–Kier alpha value is -2.21. The fourth-order valence-corrected chi connectivity index (χ4v) is 3.31. The molecular formula is C18H21N3O3. The van der Waals surface area contributed by atoms with Gasteiger partial charge in [0, 0.05) is 30.5 Å². The molecule has 24 heavy (non-hydrogen) atoms. The zero-order valence-corrected chi connectivity index (χ0v) is 13.6. The van der Waals surface area contributed by atoms with E-state index in [2.05, 4.69) is 5.10 Å². The molecule has 2 aliphatic rings. The summed E-state index contributed by atoms with van der Waals surface area (Å²) in [6.45, 7) is 2.24. The Morgan fingerprint density at radius 3 is 2.88 bits per heavy atom. The number of hydrogen-bond donors (Lipinski definition) is 0. The van der Waals surface area contributed by atoms with Gasteiger partial charge in [-0.2, -0.15) is 5.10 Å². The predicted molar refractivity (Wildman–Crippen MR) is 89.7 cm³/mol. The zero-order chi connectivity index (χ0) is 16.5. The second-order valence-corrected chi connectivity index (χ2v) is 6.70. The molecule has 0 radical (unpaired) electrons. The average Bonchev–Trinajstić information content (AvgIpc) is 3.31. The van der Waals surface area contributed by atoms with E-state index in [-0.39, 0.29) is 18.0 Å². The third-order valence-corrected chi connectivity index (χ3v) is 4.83. The van der Waals surface area contributed by atoms with E-state index >= 15 is 0 Å². The number of carbonyl (C=O) groups is 1. The van der Waals surface area contributed by atoms with E-state index in [0.717, 1.165) is 44.4 Å². The molecule has 4 rings (SSSR count). The molecule has 1 aromatic heterocycles. The van der Waals surface area contributed by atoms with Crippen LogP contribution in [0.2, 0.25) is 0 Å². The molecule has 2 fully saturated rings. The Labute approximate surface area is 140 Å². The maximum Gasteiger partial charge on any atom is 0.275 e. The number of benzene rings is 1. The van der Waals surface area contributed by atoms with Crippen molar-refractivity contribution in [3.8, 4) is 0 Å². The monoisotopic (exact) mass is 327 g/mol. The van der Waals surface area contributed by atoms with E-state index in [1.54, 1.807) is 12.3 Å². The van der Waals surface area contributed by atoms with Crippen molar-refractivity contribution in [3.05, 3.63) is 40.8 Å². The number of ether oxygens (including phenoxy) is 1. The van der Waals surface area contributed by atoms with Crippen molar-refractivity contribution in [2.75, 3.05) is 19.8 Å². The summed E-state index contributed by atoms with van der Waals surface area (Å²) in [5, 5.41) is 5.57. The summed E-state index contributed by atoms with van der Waals surface area (Å²) < 4.78 is 6.70. The summed E-state index contributed by atoms with van der Waals surface area (Å²) in [6.07, 6.45) is 4.76. The lowest BCUT2D eigenvalue weighted by atomic mass is 10.1. The highest BCUT2D eigenvalue weighted by molar-refractivity contribution is 5.81. The number of amides is 1. The van der Waals surface area contributed by atoms with E-state index in [0.29, 0.717) is 17.3 Å². The number of aromatic nitrogens is 2. The van der Waals surface area contributed by atoms with Gasteiger partial charge in [-0.05, 0) is 25.3 Å². The van der Waals surface area contributed by atoms with Crippen LogP contribution >= 0.6 is 0 Å². The fraction of sp³-hybridized carbons (Fsp3) is 0.500. The smallest absolute Gasteiger partial charge is 0.275 e. The van der Waals surface area contributed by atoms with E-state index in [1.807, 2.05) is 23.1 Å². The maximum atomic E-state index is 12.8. The van der Waals surface area contributed by atoms with Crippen LogP contribution in [0.5, 0.6) is 0 Å². The Balaban J connectivity index is 1.53. The van der Waals surface area contributed by atoms with Gasteiger partial charge in [0.1, 0.15) is 6.54 Å². The van der Waals surface area contributed by atoms with Gasteiger partial charge in [-0.25, -0.2) is 4.68 Å². The highest BCUT2D eigenvalue weighted by Crippen LogP contribution is 2.29. The number of fused-ring (bicyclic) bond motifs is 1. The molecule has 1 amide bonds. The quantitative estimate of drug-likeness (QED) is 0.833. The third kappa shape index (κ3) is 3.06. The zero-order valence-electron chi connectivity index (χ0n) is 13.6. The SMILES string of the molecule is O=C(Cn1ncc2ccccc2c1=O)N(C[C@H]1CCOC1)C1CC1. The molecular weight excluding hydrogens is 306 g/mol. The van der Waals surface area contributed by atoms with Crippen LogP contribution in [0, 0.1) is 5.92 Å². The Kier molecular flexibility index (Phi) is 4.06. The molecule has 2 aromatic rings. The van der Waals surface area contributed by atoms with Gasteiger partial charge in [0.05, 0.1) is 18.2 Å². The topological polar surface area (TPSA) is 64.4 Å². The molecule has 1 saturated carbocycles. The molecule has 1 aliphatic heterocycles. The molecule has 0 N–H and O–H groups in total. The summed E-state index contributed by atoms with van der Waals surface area (Å²) in [4.78, 5) is 27.2. The Morgan fingerprint density at radius 2 is 2.12 bits per heavy atom. The lowest BCUT2D eigenvalue weighted by Crippen LogP contribution is -2.41. The van der Waals surface area contributed by atoms with Gasteiger partial charge in [0.2, 0.25) is 5.91 Å². The predicted octanol–water partition coefficient (Wildman–Crippen LogP) is 1.42. The van der Waals surface area contributed by atoms with E-state index in [1.165, 1.54) is 4.68 Å². The van der Waals surface area contributed by atoms with Crippen LogP contribution in [-0.2, 0) is 16.1 Å². The van der Waals surface area contributed by atoms with Crippen LogP contribution in [0.4, 0.5) is 0 Å². The average molecular weight is 327 g/mol. The first-order chi connectivity index (χ1) is 11.7. The number of rotatable bonds is 5. The third-order valence-electron chi connectivity index (χ3n) is 4.83. The van der Waals surface area contributed by atoms with Gasteiger partial charge in [-0.3, -0.25) is 9.59 Å². The molecule has 1 aliphatic carbocycles. The number of hydrogen-bond acceptors (Lipinski definition) is 4. The van der Waals surface area contributed by atoms with Gasteiger partial charge in [0.15, 0.2) is 0 Å². The number of carbonyl (C=O) groups excluding carboxylic acids is 1. The summed E-state index contributed by atoms with van der Waals surface area (Å²) in [5.74, 6) is 0.394. The van der Waals surface area contributed by atoms with Crippen molar-refractivity contribution in [1.29, 1.82) is 0 Å². The molecule has 1 aromatic carbocycles. The first-order valence-electron chi connectivity index (χ1n) is 8.54. The lowest BCUT2D eigenvalue weighted by molar-refractivity contribution is -0.133. The second-order valence-electron chi connectivity index (χ2n) is 6.70. The van der Waals surface area contributed by atoms with E-state index in [9.17, 15) is 9.59 Å². The van der Waals surface area contributed by atoms with Gasteiger partial charge in [0.25, 0.3) is 5.56 Å². The first kappa shape index (κ1) is 15.3. The van der Waals surface area contributed by atoms with Crippen LogP contribution in [-0.4, -0.2) is 46.4 Å². The van der Waals surface area contributed by atoms with Crippen LogP contribution in [0.1, 0.15) is 19.3 Å². The highest BCUT2D eigenvalue weighted by atomic mass is 16.5. The molecule has 126 valence electrons. The summed E-state index contributed by atoms with van der Waals surface area (Å²) in [6, 6.07) is 7.65. The molecule has 6 heteroatoms. The molecule has 0 spiro atoms. The van der Waals surface area contributed by atoms with Crippen LogP contribution < -0.4 is 5.56 Å². The molecule has 0 unspecified atom stereocenters. The van der Waals surface area contributed by atoms with Crippen LogP contribution in [0.3, 0.4) is 0 Å². The number of nitrogens with zero attached hydrogens (tertiary/aromatic N) is 3. The maximum absolute atomic E-state index is 12.8. The van der Waals surface area contributed by atoms with Crippen molar-refractivity contribution >= 4 is 16.7 Å². The van der Waals surface area contributed by atoms with Gasteiger partial charge < -0.3 is 9.64 Å². The first-order valence-corrected chi connectivity index (χ1v) is 8.54. The molecule has 2 heterocycles. The summed E-state index contributed by atoms with van der Waals surface area (Å²) in [5.41, 5.74) is -0.207. The van der Waals surface area contributed by atoms with Crippen molar-refractivity contribution in [1.82, 2.24) is 14.7 Å². The van der Waals surface area contributed by atoms with Crippen LogP contribution in [0.15, 0.2) is 35.3 Å². The van der Waals surface area contributed by atoms with Crippen LogP contribution in [0.25, 0.3) is 10.8 Å². The van der Waals surface area contributed by atoms with Gasteiger partial charge >= 0.3 is 0 Å². The molecule has 6 nitrogen and oxygen atoms in total. The molecule has 1 saturated heterocycles. The minimum Gasteiger partial charge on any atom is -0.381 e. The normalized spacial score (nSPS) is 20.4. The van der Waals surface area contributed by atoms with Crippen molar-refractivity contribution in [2.45, 2.75) is 31.8 Å². The minimum absolute atomic E-state index is 0.00768. The second kappa shape index (κ2) is 6.36. The summed E-state index contributed by atoms with van der Waals surface area (Å²) in [7, 11) is 0. The highest BCUT2D eigenvalue weighted by Gasteiger charge is 2.34.